The van der Waals surface area contributed by atoms with Gasteiger partial charge in [-0.3, -0.25) is 14.9 Å². The van der Waals surface area contributed by atoms with Gasteiger partial charge >= 0.3 is 5.69 Å². The van der Waals surface area contributed by atoms with Crippen molar-refractivity contribution in [2.45, 2.75) is 26.8 Å². The van der Waals surface area contributed by atoms with Crippen LogP contribution < -0.4 is 15.4 Å². The molecule has 0 atom stereocenters. The number of benzene rings is 1. The lowest BCUT2D eigenvalue weighted by Crippen LogP contribution is -2.27. The smallest absolute Gasteiger partial charge is 0.311 e. The van der Waals surface area contributed by atoms with E-state index >= 15 is 0 Å². The monoisotopic (exact) mass is 295 g/mol. The molecule has 0 radical (unpaired) electrons. The fourth-order valence-electron chi connectivity index (χ4n) is 1.69. The molecule has 0 bridgehead atoms. The summed E-state index contributed by atoms with van der Waals surface area (Å²) in [5.74, 6) is -0.174. The summed E-state index contributed by atoms with van der Waals surface area (Å²) in [5.41, 5.74) is 0.0412. The fourth-order valence-corrected chi connectivity index (χ4v) is 1.69. The van der Waals surface area contributed by atoms with Crippen LogP contribution >= 0.6 is 0 Å². The molecular weight excluding hydrogens is 274 g/mol. The van der Waals surface area contributed by atoms with Crippen molar-refractivity contribution in [3.63, 3.8) is 0 Å². The lowest BCUT2D eigenvalue weighted by molar-refractivity contribution is -0.385. The van der Waals surface area contributed by atoms with Crippen molar-refractivity contribution in [3.8, 4) is 5.75 Å². The average molecular weight is 295 g/mol. The minimum atomic E-state index is -0.548. The summed E-state index contributed by atoms with van der Waals surface area (Å²) in [6.07, 6.45) is 0. The number of amides is 1. The summed E-state index contributed by atoms with van der Waals surface area (Å²) in [6, 6.07) is 4.53. The van der Waals surface area contributed by atoms with Crippen LogP contribution in [0.5, 0.6) is 5.75 Å². The fraction of sp³-hybridized carbons (Fsp3) is 0.500. The van der Waals surface area contributed by atoms with Gasteiger partial charge in [-0.1, -0.05) is 13.8 Å². The Bertz CT molecular complexity index is 503. The highest BCUT2D eigenvalue weighted by Crippen LogP contribution is 2.27. The third kappa shape index (κ3) is 5.39. The van der Waals surface area contributed by atoms with Crippen molar-refractivity contribution >= 4 is 11.6 Å². The lowest BCUT2D eigenvalue weighted by atomic mass is 10.1. The molecule has 0 spiro atoms. The maximum absolute atomic E-state index is 11.7. The van der Waals surface area contributed by atoms with Crippen LogP contribution in [0.3, 0.4) is 0 Å². The predicted molar refractivity (Wildman–Crippen MR) is 79.7 cm³/mol. The normalized spacial score (nSPS) is 10.5. The third-order valence-corrected chi connectivity index (χ3v) is 2.67. The highest BCUT2D eigenvalue weighted by Gasteiger charge is 2.18. The molecule has 1 amide bonds. The van der Waals surface area contributed by atoms with Gasteiger partial charge in [-0.25, -0.2) is 0 Å². The topological polar surface area (TPSA) is 93.5 Å². The molecule has 7 nitrogen and oxygen atoms in total. The second kappa shape index (κ2) is 8.21. The van der Waals surface area contributed by atoms with E-state index in [1.54, 1.807) is 6.92 Å². The summed E-state index contributed by atoms with van der Waals surface area (Å²) in [6.45, 7) is 7.16. The van der Waals surface area contributed by atoms with Gasteiger partial charge in [0.05, 0.1) is 4.92 Å². The van der Waals surface area contributed by atoms with Gasteiger partial charge in [0, 0.05) is 30.8 Å². The van der Waals surface area contributed by atoms with Gasteiger partial charge in [0.1, 0.15) is 6.61 Å². The molecule has 116 valence electrons. The number of nitro benzene ring substituents is 1. The molecule has 0 unspecified atom stereocenters. The molecule has 21 heavy (non-hydrogen) atoms. The molecule has 1 rings (SSSR count). The number of hydrogen-bond acceptors (Lipinski definition) is 5. The number of nitrogens with zero attached hydrogens (tertiary/aromatic N) is 1. The van der Waals surface area contributed by atoms with Gasteiger partial charge in [0.15, 0.2) is 5.75 Å². The van der Waals surface area contributed by atoms with E-state index in [-0.39, 0.29) is 22.9 Å². The third-order valence-electron chi connectivity index (χ3n) is 2.67. The molecule has 0 aliphatic rings. The van der Waals surface area contributed by atoms with Crippen molar-refractivity contribution in [3.05, 3.63) is 33.9 Å². The molecule has 0 saturated heterocycles. The number of hydrogen-bond donors (Lipinski definition) is 2. The molecule has 0 saturated carbocycles. The van der Waals surface area contributed by atoms with E-state index < -0.39 is 4.92 Å². The van der Waals surface area contributed by atoms with Crippen LogP contribution in [0.15, 0.2) is 18.2 Å². The number of carbonyl (C=O) groups excluding carboxylic acids is 1. The highest BCUT2D eigenvalue weighted by molar-refractivity contribution is 5.95. The molecule has 0 aliphatic heterocycles. The maximum atomic E-state index is 11.7. The molecule has 0 heterocycles. The van der Waals surface area contributed by atoms with Crippen LogP contribution in [-0.2, 0) is 0 Å². The Hall–Kier alpha value is -2.15. The predicted octanol–water partition coefficient (Wildman–Crippen LogP) is 1.72. The Morgan fingerprint density at radius 1 is 1.43 bits per heavy atom. The van der Waals surface area contributed by atoms with E-state index in [0.717, 1.165) is 0 Å². The van der Waals surface area contributed by atoms with Gasteiger partial charge < -0.3 is 15.4 Å². The molecule has 1 aromatic carbocycles. The first-order valence-electron chi connectivity index (χ1n) is 6.88. The van der Waals surface area contributed by atoms with Crippen LogP contribution in [0.4, 0.5) is 5.69 Å². The van der Waals surface area contributed by atoms with E-state index in [2.05, 4.69) is 10.6 Å². The van der Waals surface area contributed by atoms with E-state index in [4.69, 9.17) is 4.74 Å². The van der Waals surface area contributed by atoms with Gasteiger partial charge in [0.2, 0.25) is 0 Å². The van der Waals surface area contributed by atoms with Crippen molar-refractivity contribution in [2.24, 2.45) is 0 Å². The standard InChI is InChI=1S/C14H21N3O4/c1-4-15-14(18)11-5-6-13(12(9-11)17(19)20)21-8-7-16-10(2)3/h5-6,9-10,16H,4,7-8H2,1-3H3,(H,15,18). The van der Waals surface area contributed by atoms with E-state index in [1.165, 1.54) is 18.2 Å². The van der Waals surface area contributed by atoms with E-state index in [1.807, 2.05) is 13.8 Å². The van der Waals surface area contributed by atoms with Crippen LogP contribution in [0.25, 0.3) is 0 Å². The Labute approximate surface area is 123 Å². The van der Waals surface area contributed by atoms with E-state index in [9.17, 15) is 14.9 Å². The number of nitro groups is 1. The first-order chi connectivity index (χ1) is 9.95. The summed E-state index contributed by atoms with van der Waals surface area (Å²) in [4.78, 5) is 22.2. The first kappa shape index (κ1) is 16.9. The zero-order valence-electron chi connectivity index (χ0n) is 12.5. The number of ether oxygens (including phenoxy) is 1. The van der Waals surface area contributed by atoms with Crippen molar-refractivity contribution in [1.29, 1.82) is 0 Å². The minimum Gasteiger partial charge on any atom is -0.485 e. The molecule has 0 aliphatic carbocycles. The summed E-state index contributed by atoms with van der Waals surface area (Å²) < 4.78 is 5.41. The second-order valence-corrected chi connectivity index (χ2v) is 4.76. The molecular formula is C14H21N3O4. The Kier molecular flexibility index (Phi) is 6.61. The van der Waals surface area contributed by atoms with Gasteiger partial charge in [-0.05, 0) is 19.1 Å². The highest BCUT2D eigenvalue weighted by atomic mass is 16.6. The zero-order chi connectivity index (χ0) is 15.8. The number of rotatable bonds is 8. The Balaban J connectivity index is 2.80. The van der Waals surface area contributed by atoms with Crippen LogP contribution in [0, 0.1) is 10.1 Å². The van der Waals surface area contributed by atoms with E-state index in [0.29, 0.717) is 25.7 Å². The first-order valence-corrected chi connectivity index (χ1v) is 6.88. The molecule has 7 heteroatoms. The van der Waals surface area contributed by atoms with Crippen LogP contribution in [0.2, 0.25) is 0 Å². The Morgan fingerprint density at radius 3 is 2.71 bits per heavy atom. The van der Waals surface area contributed by atoms with Crippen LogP contribution in [-0.4, -0.2) is 36.6 Å². The summed E-state index contributed by atoms with van der Waals surface area (Å²) in [5, 5.41) is 16.8. The van der Waals surface area contributed by atoms with Gasteiger partial charge in [-0.2, -0.15) is 0 Å². The maximum Gasteiger partial charge on any atom is 0.311 e. The van der Waals surface area contributed by atoms with Crippen LogP contribution in [0.1, 0.15) is 31.1 Å². The molecule has 1 aromatic rings. The summed E-state index contributed by atoms with van der Waals surface area (Å²) >= 11 is 0. The molecule has 2 N–H and O–H groups in total. The van der Waals surface area contributed by atoms with Gasteiger partial charge in [-0.15, -0.1) is 0 Å². The zero-order valence-corrected chi connectivity index (χ0v) is 12.5. The Morgan fingerprint density at radius 2 is 2.14 bits per heavy atom. The lowest BCUT2D eigenvalue weighted by Gasteiger charge is -2.10. The van der Waals surface area contributed by atoms with Crippen molar-refractivity contribution in [1.82, 2.24) is 10.6 Å². The summed E-state index contributed by atoms with van der Waals surface area (Å²) in [7, 11) is 0. The largest absolute Gasteiger partial charge is 0.485 e. The van der Waals surface area contributed by atoms with Crippen molar-refractivity contribution in [2.75, 3.05) is 19.7 Å². The molecule has 0 fully saturated rings. The van der Waals surface area contributed by atoms with Crippen molar-refractivity contribution < 1.29 is 14.5 Å². The SMILES string of the molecule is CCNC(=O)c1ccc(OCCNC(C)C)c([N+](=O)[O-])c1. The second-order valence-electron chi connectivity index (χ2n) is 4.76. The number of nitrogens with one attached hydrogen (secondary N) is 2. The van der Waals surface area contributed by atoms with Gasteiger partial charge in [0.25, 0.3) is 5.91 Å². The molecule has 0 aromatic heterocycles. The number of carbonyl (C=O) groups is 1. The average Bonchev–Trinajstić information content (AvgIpc) is 2.43. The minimum absolute atomic E-state index is 0.165. The quantitative estimate of drug-likeness (QED) is 0.433.